The van der Waals surface area contributed by atoms with Gasteiger partial charge in [0.2, 0.25) is 0 Å². The maximum absolute atomic E-state index is 9.74. The number of aliphatic hydroxyl groups is 1. The lowest BCUT2D eigenvalue weighted by molar-refractivity contribution is 0.273. The van der Waals surface area contributed by atoms with Crippen molar-refractivity contribution in [3.05, 3.63) is 35.0 Å². The van der Waals surface area contributed by atoms with Crippen LogP contribution in [0.4, 0.5) is 5.82 Å². The standard InChI is InChI=1S/C17H21N5OS/c1-10-2-3-13-14(4-10)24-17-15(13)16(20-9-21-17)22-12(7-23)5-11-6-18-8-19-11/h6,8-10,12,23H,2-5,7H2,1H3,(H,18,19)(H,20,21,22)/t10?,12-/m0/s1. The maximum atomic E-state index is 9.74. The van der Waals surface area contributed by atoms with E-state index in [1.165, 1.54) is 16.9 Å². The van der Waals surface area contributed by atoms with Crippen molar-refractivity contribution in [3.8, 4) is 0 Å². The number of hydrogen-bond acceptors (Lipinski definition) is 6. The molecule has 3 heterocycles. The Kier molecular flexibility index (Phi) is 4.20. The first kappa shape index (κ1) is 15.5. The Hall–Kier alpha value is -1.99. The second-order valence-electron chi connectivity index (χ2n) is 6.56. The van der Waals surface area contributed by atoms with Crippen molar-refractivity contribution in [2.24, 2.45) is 5.92 Å². The Morgan fingerprint density at radius 3 is 3.17 bits per heavy atom. The lowest BCUT2D eigenvalue weighted by Crippen LogP contribution is -2.27. The molecule has 126 valence electrons. The van der Waals surface area contributed by atoms with Crippen LogP contribution in [0.3, 0.4) is 0 Å². The zero-order valence-electron chi connectivity index (χ0n) is 13.6. The van der Waals surface area contributed by atoms with E-state index < -0.39 is 0 Å². The Morgan fingerprint density at radius 2 is 2.38 bits per heavy atom. The van der Waals surface area contributed by atoms with Gasteiger partial charge in [-0.15, -0.1) is 11.3 Å². The van der Waals surface area contributed by atoms with Crippen molar-refractivity contribution in [1.82, 2.24) is 19.9 Å². The molecule has 0 fully saturated rings. The van der Waals surface area contributed by atoms with Gasteiger partial charge in [-0.1, -0.05) is 6.92 Å². The highest BCUT2D eigenvalue weighted by Crippen LogP contribution is 2.39. The van der Waals surface area contributed by atoms with Crippen LogP contribution in [0, 0.1) is 5.92 Å². The summed E-state index contributed by atoms with van der Waals surface area (Å²) in [4.78, 5) is 18.5. The van der Waals surface area contributed by atoms with Gasteiger partial charge >= 0.3 is 0 Å². The first-order valence-corrected chi connectivity index (χ1v) is 9.16. The average Bonchev–Trinajstić information content (AvgIpc) is 3.21. The molecule has 2 atom stereocenters. The molecule has 4 rings (SSSR count). The molecule has 3 N–H and O–H groups in total. The SMILES string of the molecule is CC1CCc2c(sc3ncnc(N[C@H](CO)Cc4cnc[nH]4)c23)C1. The summed E-state index contributed by atoms with van der Waals surface area (Å²) in [5.41, 5.74) is 2.39. The summed E-state index contributed by atoms with van der Waals surface area (Å²) < 4.78 is 0. The van der Waals surface area contributed by atoms with Crippen LogP contribution in [0.25, 0.3) is 10.2 Å². The van der Waals surface area contributed by atoms with Crippen LogP contribution in [0.5, 0.6) is 0 Å². The zero-order valence-corrected chi connectivity index (χ0v) is 14.4. The lowest BCUT2D eigenvalue weighted by atomic mass is 9.89. The Bertz CT molecular complexity index is 829. The number of imidazole rings is 1. The van der Waals surface area contributed by atoms with Gasteiger partial charge in [0.1, 0.15) is 17.0 Å². The second-order valence-corrected chi connectivity index (χ2v) is 7.64. The minimum atomic E-state index is -0.110. The number of rotatable bonds is 5. The number of fused-ring (bicyclic) bond motifs is 3. The molecule has 0 saturated carbocycles. The van der Waals surface area contributed by atoms with Crippen molar-refractivity contribution >= 4 is 27.4 Å². The van der Waals surface area contributed by atoms with Gasteiger partial charge in [0.25, 0.3) is 0 Å². The van der Waals surface area contributed by atoms with Crippen LogP contribution < -0.4 is 5.32 Å². The highest BCUT2D eigenvalue weighted by Gasteiger charge is 2.23. The minimum Gasteiger partial charge on any atom is -0.394 e. The number of aryl methyl sites for hydroxylation is 1. The molecule has 1 aliphatic rings. The molecule has 0 aliphatic heterocycles. The number of aliphatic hydroxyl groups excluding tert-OH is 1. The number of nitrogens with one attached hydrogen (secondary N) is 2. The molecule has 3 aromatic rings. The fraction of sp³-hybridized carbons (Fsp3) is 0.471. The number of anilines is 1. The summed E-state index contributed by atoms with van der Waals surface area (Å²) in [5, 5.41) is 14.3. The predicted molar refractivity (Wildman–Crippen MR) is 95.4 cm³/mol. The predicted octanol–water partition coefficient (Wildman–Crippen LogP) is 2.55. The molecule has 24 heavy (non-hydrogen) atoms. The van der Waals surface area contributed by atoms with Gasteiger partial charge in [-0.2, -0.15) is 0 Å². The quantitative estimate of drug-likeness (QED) is 0.663. The monoisotopic (exact) mass is 343 g/mol. The largest absolute Gasteiger partial charge is 0.394 e. The van der Waals surface area contributed by atoms with Crippen molar-refractivity contribution < 1.29 is 5.11 Å². The molecular formula is C17H21N5OS. The van der Waals surface area contributed by atoms with Crippen LogP contribution in [0.15, 0.2) is 18.9 Å². The molecule has 0 bridgehead atoms. The maximum Gasteiger partial charge on any atom is 0.138 e. The van der Waals surface area contributed by atoms with Crippen LogP contribution in [0.1, 0.15) is 29.5 Å². The molecule has 0 saturated heterocycles. The molecule has 3 aromatic heterocycles. The van der Waals surface area contributed by atoms with E-state index in [0.29, 0.717) is 6.42 Å². The van der Waals surface area contributed by atoms with Gasteiger partial charge in [-0.25, -0.2) is 15.0 Å². The molecule has 0 spiro atoms. The molecule has 1 unspecified atom stereocenters. The number of nitrogens with zero attached hydrogens (tertiary/aromatic N) is 3. The van der Waals surface area contributed by atoms with Gasteiger partial charge in [0.05, 0.1) is 24.4 Å². The van der Waals surface area contributed by atoms with E-state index in [1.54, 1.807) is 30.2 Å². The minimum absolute atomic E-state index is 0.0356. The highest BCUT2D eigenvalue weighted by atomic mass is 32.1. The Labute approximate surface area is 144 Å². The topological polar surface area (TPSA) is 86.7 Å². The van der Waals surface area contributed by atoms with E-state index in [0.717, 1.165) is 40.5 Å². The van der Waals surface area contributed by atoms with E-state index in [2.05, 4.69) is 32.2 Å². The summed E-state index contributed by atoms with van der Waals surface area (Å²) >= 11 is 1.79. The van der Waals surface area contributed by atoms with E-state index in [4.69, 9.17) is 0 Å². The fourth-order valence-corrected chi connectivity index (χ4v) is 4.75. The summed E-state index contributed by atoms with van der Waals surface area (Å²) in [6, 6.07) is -0.110. The molecule has 7 heteroatoms. The fourth-order valence-electron chi connectivity index (χ4n) is 3.40. The summed E-state index contributed by atoms with van der Waals surface area (Å²) in [6.07, 6.45) is 9.16. The number of aromatic amines is 1. The first-order chi connectivity index (χ1) is 11.7. The number of thiophene rings is 1. The summed E-state index contributed by atoms with van der Waals surface area (Å²) in [5.74, 6) is 1.58. The first-order valence-electron chi connectivity index (χ1n) is 8.34. The molecule has 1 aliphatic carbocycles. The zero-order chi connectivity index (χ0) is 16.5. The smallest absolute Gasteiger partial charge is 0.138 e. The summed E-state index contributed by atoms with van der Waals surface area (Å²) in [7, 11) is 0. The van der Waals surface area contributed by atoms with Gasteiger partial charge < -0.3 is 15.4 Å². The Morgan fingerprint density at radius 1 is 1.46 bits per heavy atom. The van der Waals surface area contributed by atoms with Crippen molar-refractivity contribution in [1.29, 1.82) is 0 Å². The number of aromatic nitrogens is 4. The molecule has 0 amide bonds. The van der Waals surface area contributed by atoms with Crippen molar-refractivity contribution in [2.75, 3.05) is 11.9 Å². The summed E-state index contributed by atoms with van der Waals surface area (Å²) in [6.45, 7) is 2.35. The third-order valence-electron chi connectivity index (χ3n) is 4.67. The molecular weight excluding hydrogens is 322 g/mol. The van der Waals surface area contributed by atoms with Gasteiger partial charge in [-0.3, -0.25) is 0 Å². The molecule has 0 radical (unpaired) electrons. The molecule has 0 aromatic carbocycles. The third kappa shape index (κ3) is 2.89. The van der Waals surface area contributed by atoms with Gasteiger partial charge in [0.15, 0.2) is 0 Å². The van der Waals surface area contributed by atoms with E-state index in [9.17, 15) is 5.11 Å². The molecule has 6 nitrogen and oxygen atoms in total. The lowest BCUT2D eigenvalue weighted by Gasteiger charge is -2.20. The van der Waals surface area contributed by atoms with E-state index in [-0.39, 0.29) is 12.6 Å². The second kappa shape index (κ2) is 6.49. The third-order valence-corrected chi connectivity index (χ3v) is 5.84. The highest BCUT2D eigenvalue weighted by molar-refractivity contribution is 7.19. The van der Waals surface area contributed by atoms with Crippen LogP contribution in [-0.2, 0) is 19.3 Å². The van der Waals surface area contributed by atoms with Crippen molar-refractivity contribution in [3.63, 3.8) is 0 Å². The van der Waals surface area contributed by atoms with E-state index in [1.807, 2.05) is 0 Å². The van der Waals surface area contributed by atoms with Crippen molar-refractivity contribution in [2.45, 2.75) is 38.6 Å². The number of hydrogen-bond donors (Lipinski definition) is 3. The van der Waals surface area contributed by atoms with E-state index >= 15 is 0 Å². The Balaban J connectivity index is 1.66. The average molecular weight is 343 g/mol. The normalized spacial score (nSPS) is 18.5. The van der Waals surface area contributed by atoms with Gasteiger partial charge in [-0.05, 0) is 30.7 Å². The van der Waals surface area contributed by atoms with Gasteiger partial charge in [0, 0.05) is 23.2 Å². The number of H-pyrrole nitrogens is 1. The van der Waals surface area contributed by atoms with Crippen LogP contribution in [0.2, 0.25) is 0 Å². The van der Waals surface area contributed by atoms with Crippen LogP contribution in [-0.4, -0.2) is 37.7 Å². The van der Waals surface area contributed by atoms with Crippen LogP contribution >= 0.6 is 11.3 Å².